The molecular weight excluding hydrogens is 376 g/mol. The van der Waals surface area contributed by atoms with Gasteiger partial charge in [-0.2, -0.15) is 0 Å². The van der Waals surface area contributed by atoms with Crippen LogP contribution in [0.1, 0.15) is 53.4 Å². The van der Waals surface area contributed by atoms with Gasteiger partial charge in [-0.15, -0.1) is 0 Å². The monoisotopic (exact) mass is 408 g/mol. The molecule has 1 aliphatic heterocycles. The minimum Gasteiger partial charge on any atom is -0.459 e. The van der Waals surface area contributed by atoms with Gasteiger partial charge in [0.1, 0.15) is 6.10 Å². The van der Waals surface area contributed by atoms with Crippen molar-refractivity contribution in [3.8, 4) is 0 Å². The van der Waals surface area contributed by atoms with Gasteiger partial charge >= 0.3 is 11.9 Å². The summed E-state index contributed by atoms with van der Waals surface area (Å²) in [6.07, 6.45) is 2.33. The number of hydrogen-bond acceptors (Lipinski definition) is 7. The molecule has 9 atom stereocenters. The van der Waals surface area contributed by atoms with Crippen LogP contribution in [0, 0.1) is 34.5 Å². The summed E-state index contributed by atoms with van der Waals surface area (Å²) in [5.74, 6) is -3.69. The Bertz CT molecular complexity index is 762. The van der Waals surface area contributed by atoms with E-state index in [0.717, 1.165) is 19.3 Å². The van der Waals surface area contributed by atoms with Gasteiger partial charge in [0.15, 0.2) is 0 Å². The van der Waals surface area contributed by atoms with Crippen LogP contribution in [-0.2, 0) is 19.1 Å². The van der Waals surface area contributed by atoms with Gasteiger partial charge < -0.3 is 24.8 Å². The average molecular weight is 408 g/mol. The van der Waals surface area contributed by atoms with E-state index >= 15 is 0 Å². The summed E-state index contributed by atoms with van der Waals surface area (Å²) in [5, 5.41) is 32.9. The molecule has 3 aliphatic carbocycles. The predicted octanol–water partition coefficient (Wildman–Crippen LogP) is 1.54. The first-order valence-corrected chi connectivity index (χ1v) is 10.6. The maximum Gasteiger partial charge on any atom is 0.333 e. The van der Waals surface area contributed by atoms with E-state index in [0.29, 0.717) is 5.57 Å². The highest BCUT2D eigenvalue weighted by Crippen LogP contribution is 2.67. The normalized spacial score (nSPS) is 51.3. The molecule has 7 heteroatoms. The van der Waals surface area contributed by atoms with Crippen molar-refractivity contribution >= 4 is 11.9 Å². The first-order valence-electron chi connectivity index (χ1n) is 10.6. The van der Waals surface area contributed by atoms with E-state index in [1.54, 1.807) is 0 Å². The molecule has 0 saturated heterocycles. The van der Waals surface area contributed by atoms with E-state index in [2.05, 4.69) is 6.92 Å². The van der Waals surface area contributed by atoms with Crippen molar-refractivity contribution in [1.29, 1.82) is 0 Å². The summed E-state index contributed by atoms with van der Waals surface area (Å²) >= 11 is 0. The molecule has 0 spiro atoms. The quantitative estimate of drug-likeness (QED) is 0.594. The maximum absolute atomic E-state index is 11.9. The van der Waals surface area contributed by atoms with Crippen LogP contribution in [0.25, 0.3) is 0 Å². The minimum absolute atomic E-state index is 0.0743. The Morgan fingerprint density at radius 3 is 2.66 bits per heavy atom. The molecule has 0 bridgehead atoms. The number of aliphatic hydroxyl groups excluding tert-OH is 2. The van der Waals surface area contributed by atoms with E-state index < -0.39 is 40.8 Å². The number of ether oxygens (including phenoxy) is 2. The van der Waals surface area contributed by atoms with Crippen LogP contribution in [0.15, 0.2) is 11.6 Å². The Hall–Kier alpha value is -1.44. The summed E-state index contributed by atoms with van der Waals surface area (Å²) in [6.45, 7) is 7.26. The molecule has 0 radical (unpaired) electrons. The van der Waals surface area contributed by atoms with Crippen LogP contribution in [0.5, 0.6) is 0 Å². The lowest BCUT2D eigenvalue weighted by Crippen LogP contribution is -2.68. The van der Waals surface area contributed by atoms with Crippen molar-refractivity contribution in [3.63, 3.8) is 0 Å². The van der Waals surface area contributed by atoms with Crippen LogP contribution >= 0.6 is 0 Å². The molecule has 0 aromatic rings. The lowest BCUT2D eigenvalue weighted by molar-refractivity contribution is -0.269. The summed E-state index contributed by atoms with van der Waals surface area (Å²) in [6, 6.07) is 0. The summed E-state index contributed by atoms with van der Waals surface area (Å²) in [4.78, 5) is 23.9. The molecule has 4 rings (SSSR count). The molecule has 0 aromatic carbocycles. The fourth-order valence-corrected chi connectivity index (χ4v) is 7.43. The molecule has 29 heavy (non-hydrogen) atoms. The number of aliphatic hydroxyl groups is 3. The Morgan fingerprint density at radius 1 is 1.34 bits per heavy atom. The second-order valence-electron chi connectivity index (χ2n) is 10.2. The SMILES string of the molecule is CC(=O)O[C@@H]1[C@H](O)[C@@H]2[C@H](C)C3=CC(=O)O[C@]3(O)C[C@H]2[C@]2(C)CCC[C@](C)(CO)[C@@H]12. The molecule has 7 nitrogen and oxygen atoms in total. The van der Waals surface area contributed by atoms with Crippen molar-refractivity contribution in [2.75, 3.05) is 6.61 Å². The molecule has 3 N–H and O–H groups in total. The lowest BCUT2D eigenvalue weighted by atomic mass is 9.41. The molecule has 3 saturated carbocycles. The Balaban J connectivity index is 1.85. The Kier molecular flexibility index (Phi) is 4.69. The summed E-state index contributed by atoms with van der Waals surface area (Å²) < 4.78 is 11.0. The second kappa shape index (κ2) is 6.53. The molecule has 1 heterocycles. The van der Waals surface area contributed by atoms with E-state index in [1.165, 1.54) is 13.0 Å². The van der Waals surface area contributed by atoms with Crippen LogP contribution < -0.4 is 0 Å². The summed E-state index contributed by atoms with van der Waals surface area (Å²) in [5.41, 5.74) is -0.426. The van der Waals surface area contributed by atoms with Crippen molar-refractivity contribution < 1.29 is 34.4 Å². The molecular formula is C22H32O7. The van der Waals surface area contributed by atoms with Crippen molar-refractivity contribution in [1.82, 2.24) is 0 Å². The number of fused-ring (bicyclic) bond motifs is 4. The van der Waals surface area contributed by atoms with E-state index in [1.807, 2.05) is 13.8 Å². The van der Waals surface area contributed by atoms with E-state index in [9.17, 15) is 24.9 Å². The second-order valence-corrected chi connectivity index (χ2v) is 10.2. The highest BCUT2D eigenvalue weighted by atomic mass is 16.7. The molecule has 0 unspecified atom stereocenters. The average Bonchev–Trinajstić information content (AvgIpc) is 2.93. The van der Waals surface area contributed by atoms with Gasteiger partial charge in [-0.3, -0.25) is 4.79 Å². The zero-order chi connectivity index (χ0) is 21.4. The maximum atomic E-state index is 11.9. The van der Waals surface area contributed by atoms with E-state index in [4.69, 9.17) is 9.47 Å². The highest BCUT2D eigenvalue weighted by Gasteiger charge is 2.68. The predicted molar refractivity (Wildman–Crippen MR) is 102 cm³/mol. The van der Waals surface area contributed by atoms with Gasteiger partial charge in [0, 0.05) is 37.5 Å². The molecule has 0 amide bonds. The largest absolute Gasteiger partial charge is 0.459 e. The number of carbonyl (C=O) groups excluding carboxylic acids is 2. The third-order valence-corrected chi connectivity index (χ3v) is 8.52. The Labute approximate surface area is 171 Å². The Morgan fingerprint density at radius 2 is 2.03 bits per heavy atom. The number of carbonyl (C=O) groups is 2. The third-order valence-electron chi connectivity index (χ3n) is 8.52. The van der Waals surface area contributed by atoms with Gasteiger partial charge in [-0.1, -0.05) is 27.2 Å². The number of rotatable bonds is 2. The van der Waals surface area contributed by atoms with Gasteiger partial charge in [0.05, 0.1) is 6.10 Å². The number of esters is 2. The molecule has 162 valence electrons. The number of hydrogen-bond donors (Lipinski definition) is 3. The highest BCUT2D eigenvalue weighted by molar-refractivity contribution is 5.86. The standard InChI is InChI=1S/C22H32O7/c1-11-13-8-15(25)29-22(13,27)9-14-16(11)17(26)18(28-12(2)24)19-20(3,10-23)6-5-7-21(14,19)4/h8,11,14,16-19,23,26-27H,5-7,9-10H2,1-4H3/t11-,14-,16-,17-,18-,19-,20-,21+,22-/m1/s1. The van der Waals surface area contributed by atoms with Crippen molar-refractivity contribution in [2.45, 2.75) is 71.4 Å². The zero-order valence-corrected chi connectivity index (χ0v) is 17.6. The van der Waals surface area contributed by atoms with Crippen LogP contribution in [0.2, 0.25) is 0 Å². The smallest absolute Gasteiger partial charge is 0.333 e. The fraction of sp³-hybridized carbons (Fsp3) is 0.818. The van der Waals surface area contributed by atoms with Crippen molar-refractivity contribution in [3.05, 3.63) is 11.6 Å². The van der Waals surface area contributed by atoms with Gasteiger partial charge in [0.2, 0.25) is 5.79 Å². The summed E-state index contributed by atoms with van der Waals surface area (Å²) in [7, 11) is 0. The van der Waals surface area contributed by atoms with E-state index in [-0.39, 0.29) is 36.7 Å². The first kappa shape index (κ1) is 20.8. The van der Waals surface area contributed by atoms with Crippen LogP contribution in [-0.4, -0.2) is 51.9 Å². The third kappa shape index (κ3) is 2.81. The van der Waals surface area contributed by atoms with Gasteiger partial charge in [0.25, 0.3) is 0 Å². The van der Waals surface area contributed by atoms with Crippen molar-refractivity contribution in [2.24, 2.45) is 34.5 Å². The lowest BCUT2D eigenvalue weighted by Gasteiger charge is -2.65. The van der Waals surface area contributed by atoms with Gasteiger partial charge in [-0.05, 0) is 41.4 Å². The molecule has 4 aliphatic rings. The first-order chi connectivity index (χ1) is 13.5. The van der Waals surface area contributed by atoms with Crippen LogP contribution in [0.4, 0.5) is 0 Å². The zero-order valence-electron chi connectivity index (χ0n) is 17.6. The molecule has 3 fully saturated rings. The fourth-order valence-electron chi connectivity index (χ4n) is 7.43. The van der Waals surface area contributed by atoms with Crippen LogP contribution in [0.3, 0.4) is 0 Å². The topological polar surface area (TPSA) is 113 Å². The van der Waals surface area contributed by atoms with Gasteiger partial charge in [-0.25, -0.2) is 4.79 Å². The molecule has 0 aromatic heterocycles. The minimum atomic E-state index is -1.65.